The molecular formula is C60H39NO. The van der Waals surface area contributed by atoms with E-state index in [2.05, 4.69) is 241 Å². The lowest BCUT2D eigenvalue weighted by Crippen LogP contribution is -2.10. The Balaban J connectivity index is 1.06. The van der Waals surface area contributed by atoms with Crippen LogP contribution in [0.15, 0.2) is 241 Å². The molecule has 62 heavy (non-hydrogen) atoms. The van der Waals surface area contributed by atoms with Crippen LogP contribution in [0.5, 0.6) is 0 Å². The maximum atomic E-state index is 6.58. The standard InChI is InChI=1S/C60H39NO/c1-4-15-40(16-5-1)41-27-32-46(33-28-41)61(47-34-29-43(30-35-47)49-25-14-26-56-59(49)54-37-31-42-17-10-11-22-50(42)60(54)62-56)48-36-38-52-51-23-12-13-24-53(51)57(44-18-6-2-7-19-44)58(55(52)39-48)45-20-8-3-9-21-45/h1-39H. The van der Waals surface area contributed by atoms with Crippen LogP contribution in [0.3, 0.4) is 0 Å². The first-order valence-corrected chi connectivity index (χ1v) is 21.3. The molecule has 12 aromatic rings. The van der Waals surface area contributed by atoms with E-state index in [0.717, 1.165) is 55.5 Å². The molecule has 1 aromatic heterocycles. The summed E-state index contributed by atoms with van der Waals surface area (Å²) in [6.45, 7) is 0. The lowest BCUT2D eigenvalue weighted by Gasteiger charge is -2.27. The highest BCUT2D eigenvalue weighted by Gasteiger charge is 2.21. The van der Waals surface area contributed by atoms with Crippen LogP contribution >= 0.6 is 0 Å². The van der Waals surface area contributed by atoms with Crippen molar-refractivity contribution < 1.29 is 4.42 Å². The molecule has 0 saturated carbocycles. The fourth-order valence-electron chi connectivity index (χ4n) is 9.59. The molecule has 2 heteroatoms. The van der Waals surface area contributed by atoms with Gasteiger partial charge in [0.2, 0.25) is 0 Å². The third-order valence-corrected chi connectivity index (χ3v) is 12.4. The molecule has 0 aliphatic carbocycles. The molecule has 0 bridgehead atoms. The molecule has 0 radical (unpaired) electrons. The van der Waals surface area contributed by atoms with Gasteiger partial charge < -0.3 is 9.32 Å². The molecule has 0 unspecified atom stereocenters. The number of hydrogen-bond donors (Lipinski definition) is 0. The lowest BCUT2D eigenvalue weighted by atomic mass is 9.85. The Labute approximate surface area is 360 Å². The second kappa shape index (κ2) is 14.8. The van der Waals surface area contributed by atoms with Crippen LogP contribution in [-0.2, 0) is 0 Å². The van der Waals surface area contributed by atoms with Crippen molar-refractivity contribution in [3.8, 4) is 44.5 Å². The van der Waals surface area contributed by atoms with Gasteiger partial charge in [-0.1, -0.05) is 188 Å². The number of benzene rings is 11. The topological polar surface area (TPSA) is 16.4 Å². The van der Waals surface area contributed by atoms with Gasteiger partial charge in [0, 0.05) is 33.2 Å². The van der Waals surface area contributed by atoms with E-state index in [9.17, 15) is 0 Å². The van der Waals surface area contributed by atoms with Crippen LogP contribution in [0.1, 0.15) is 0 Å². The predicted molar refractivity (Wildman–Crippen MR) is 263 cm³/mol. The van der Waals surface area contributed by atoms with Gasteiger partial charge in [0.05, 0.1) is 0 Å². The average molecular weight is 790 g/mol. The number of nitrogens with zero attached hydrogens (tertiary/aromatic N) is 1. The van der Waals surface area contributed by atoms with Crippen molar-refractivity contribution in [2.45, 2.75) is 0 Å². The van der Waals surface area contributed by atoms with E-state index in [1.54, 1.807) is 0 Å². The molecule has 1 heterocycles. The van der Waals surface area contributed by atoms with Gasteiger partial charge in [0.25, 0.3) is 0 Å². The second-order valence-electron chi connectivity index (χ2n) is 16.0. The smallest absolute Gasteiger partial charge is 0.143 e. The third kappa shape index (κ3) is 5.96. The molecule has 0 aliphatic heterocycles. The zero-order valence-electron chi connectivity index (χ0n) is 33.9. The molecule has 0 fully saturated rings. The number of rotatable bonds is 7. The summed E-state index contributed by atoms with van der Waals surface area (Å²) in [7, 11) is 0. The summed E-state index contributed by atoms with van der Waals surface area (Å²) in [6, 6.07) is 85.4. The number of furan rings is 1. The first-order chi connectivity index (χ1) is 30.8. The van der Waals surface area contributed by atoms with Gasteiger partial charge in [-0.05, 0) is 120 Å². The Hall–Kier alpha value is -8.20. The molecule has 0 saturated heterocycles. The van der Waals surface area contributed by atoms with E-state index in [-0.39, 0.29) is 0 Å². The first kappa shape index (κ1) is 35.7. The molecule has 0 amide bonds. The average Bonchev–Trinajstić information content (AvgIpc) is 3.75. The fraction of sp³-hybridized carbons (Fsp3) is 0. The summed E-state index contributed by atoms with van der Waals surface area (Å²) < 4.78 is 6.58. The summed E-state index contributed by atoms with van der Waals surface area (Å²) >= 11 is 0. The quantitative estimate of drug-likeness (QED) is 0.150. The van der Waals surface area contributed by atoms with Gasteiger partial charge in [-0.15, -0.1) is 0 Å². The van der Waals surface area contributed by atoms with E-state index < -0.39 is 0 Å². The highest BCUT2D eigenvalue weighted by atomic mass is 16.3. The van der Waals surface area contributed by atoms with Crippen LogP contribution in [0, 0.1) is 0 Å². The summed E-state index contributed by atoms with van der Waals surface area (Å²) in [5, 5.41) is 9.50. The molecular weight excluding hydrogens is 751 g/mol. The van der Waals surface area contributed by atoms with Crippen molar-refractivity contribution in [2.24, 2.45) is 0 Å². The Bertz CT molecular complexity index is 3590. The van der Waals surface area contributed by atoms with Crippen molar-refractivity contribution in [3.05, 3.63) is 237 Å². The number of hydrogen-bond acceptors (Lipinski definition) is 2. The predicted octanol–water partition coefficient (Wildman–Crippen LogP) is 17.2. The lowest BCUT2D eigenvalue weighted by molar-refractivity contribution is 0.673. The fourth-order valence-corrected chi connectivity index (χ4v) is 9.59. The summed E-state index contributed by atoms with van der Waals surface area (Å²) in [6.07, 6.45) is 0. The van der Waals surface area contributed by atoms with Crippen molar-refractivity contribution in [2.75, 3.05) is 4.90 Å². The highest BCUT2D eigenvalue weighted by molar-refractivity contribution is 6.22. The Kier molecular flexibility index (Phi) is 8.53. The molecule has 11 aromatic carbocycles. The van der Waals surface area contributed by atoms with Crippen molar-refractivity contribution in [1.82, 2.24) is 0 Å². The van der Waals surface area contributed by atoms with Crippen LogP contribution < -0.4 is 4.90 Å². The molecule has 12 rings (SSSR count). The van der Waals surface area contributed by atoms with Gasteiger partial charge in [-0.25, -0.2) is 0 Å². The maximum Gasteiger partial charge on any atom is 0.143 e. The van der Waals surface area contributed by atoms with E-state index in [1.807, 2.05) is 0 Å². The number of anilines is 3. The monoisotopic (exact) mass is 789 g/mol. The third-order valence-electron chi connectivity index (χ3n) is 12.4. The second-order valence-corrected chi connectivity index (χ2v) is 16.0. The minimum absolute atomic E-state index is 0.894. The highest BCUT2D eigenvalue weighted by Crippen LogP contribution is 2.47. The molecule has 0 atom stereocenters. The number of fused-ring (bicyclic) bond motifs is 8. The SMILES string of the molecule is c1ccc(-c2ccc(N(c3ccc(-c4cccc5oc6c7ccccc7ccc6c45)cc3)c3ccc4c(c3)c(-c3ccccc3)c(-c3ccccc3)c3ccccc34)cc2)cc1. The molecule has 0 aliphatic rings. The zero-order chi connectivity index (χ0) is 41.0. The van der Waals surface area contributed by atoms with Crippen molar-refractivity contribution in [3.63, 3.8) is 0 Å². The molecule has 0 N–H and O–H groups in total. The minimum Gasteiger partial charge on any atom is -0.455 e. The first-order valence-electron chi connectivity index (χ1n) is 21.3. The van der Waals surface area contributed by atoms with Gasteiger partial charge in [0.15, 0.2) is 0 Å². The van der Waals surface area contributed by atoms with Crippen LogP contribution in [0.2, 0.25) is 0 Å². The van der Waals surface area contributed by atoms with E-state index >= 15 is 0 Å². The molecule has 290 valence electrons. The van der Waals surface area contributed by atoms with Crippen LogP contribution in [0.4, 0.5) is 17.1 Å². The normalized spacial score (nSPS) is 11.5. The van der Waals surface area contributed by atoms with Gasteiger partial charge in [0.1, 0.15) is 11.2 Å². The minimum atomic E-state index is 0.894. The Morgan fingerprint density at radius 2 is 0.790 bits per heavy atom. The summed E-state index contributed by atoms with van der Waals surface area (Å²) in [4.78, 5) is 2.39. The van der Waals surface area contributed by atoms with E-state index in [1.165, 1.54) is 60.3 Å². The van der Waals surface area contributed by atoms with Gasteiger partial charge >= 0.3 is 0 Å². The van der Waals surface area contributed by atoms with Gasteiger partial charge in [-0.2, -0.15) is 0 Å². The zero-order valence-corrected chi connectivity index (χ0v) is 33.9. The Morgan fingerprint density at radius 1 is 0.290 bits per heavy atom. The summed E-state index contributed by atoms with van der Waals surface area (Å²) in [5.41, 5.74) is 14.6. The van der Waals surface area contributed by atoms with E-state index in [4.69, 9.17) is 4.42 Å². The molecule has 2 nitrogen and oxygen atoms in total. The van der Waals surface area contributed by atoms with Crippen molar-refractivity contribution >= 4 is 71.3 Å². The molecule has 0 spiro atoms. The van der Waals surface area contributed by atoms with E-state index in [0.29, 0.717) is 0 Å². The Morgan fingerprint density at radius 3 is 1.47 bits per heavy atom. The van der Waals surface area contributed by atoms with Crippen LogP contribution in [0.25, 0.3) is 98.8 Å². The maximum absolute atomic E-state index is 6.58. The van der Waals surface area contributed by atoms with Crippen LogP contribution in [-0.4, -0.2) is 0 Å². The van der Waals surface area contributed by atoms with Crippen molar-refractivity contribution in [1.29, 1.82) is 0 Å². The largest absolute Gasteiger partial charge is 0.455 e. The summed E-state index contributed by atoms with van der Waals surface area (Å²) in [5.74, 6) is 0. The van der Waals surface area contributed by atoms with Gasteiger partial charge in [-0.3, -0.25) is 0 Å².